The number of hydrogen-bond acceptors (Lipinski definition) is 5. The largest absolute Gasteiger partial charge is 0.368 e. The predicted molar refractivity (Wildman–Crippen MR) is 96.8 cm³/mol. The van der Waals surface area contributed by atoms with Crippen LogP contribution >= 0.6 is 0 Å². The lowest BCUT2D eigenvalue weighted by Crippen LogP contribution is -2.28. The maximum absolute atomic E-state index is 13.0. The van der Waals surface area contributed by atoms with Gasteiger partial charge in [-0.25, -0.2) is 4.39 Å². The maximum atomic E-state index is 13.0. The molecule has 0 saturated carbocycles. The number of pyridine rings is 2. The summed E-state index contributed by atoms with van der Waals surface area (Å²) in [5, 5.41) is 9.79. The Kier molecular flexibility index (Phi) is 5.29. The van der Waals surface area contributed by atoms with Gasteiger partial charge in [0.15, 0.2) is 6.29 Å². The molecule has 2 aromatic heterocycles. The molecule has 0 saturated heterocycles. The van der Waals surface area contributed by atoms with E-state index in [-0.39, 0.29) is 23.4 Å². The van der Waals surface area contributed by atoms with Crippen LogP contribution < -0.4 is 11.3 Å². The highest BCUT2D eigenvalue weighted by Crippen LogP contribution is 2.20. The van der Waals surface area contributed by atoms with Gasteiger partial charge in [0.05, 0.1) is 11.0 Å². The summed E-state index contributed by atoms with van der Waals surface area (Å²) in [5.41, 5.74) is 7.06. The van der Waals surface area contributed by atoms with E-state index in [4.69, 9.17) is 10.5 Å². The number of carbonyl (C=O) groups is 1. The number of nitrogens with one attached hydrogen (secondary N) is 1. The molecular weight excluding hydrogens is 353 g/mol. The van der Waals surface area contributed by atoms with Gasteiger partial charge in [0, 0.05) is 25.3 Å². The van der Waals surface area contributed by atoms with Crippen LogP contribution in [0.4, 0.5) is 4.39 Å². The molecule has 8 heteroatoms. The molecule has 2 heterocycles. The van der Waals surface area contributed by atoms with Gasteiger partial charge in [-0.1, -0.05) is 12.1 Å². The zero-order chi connectivity index (χ0) is 19.6. The molecule has 0 spiro atoms. The number of rotatable bonds is 6. The van der Waals surface area contributed by atoms with Crippen molar-refractivity contribution in [1.82, 2.24) is 9.97 Å². The monoisotopic (exact) mass is 371 g/mol. The molecule has 0 aliphatic heterocycles. The van der Waals surface area contributed by atoms with Gasteiger partial charge in [0.2, 0.25) is 0 Å². The van der Waals surface area contributed by atoms with E-state index in [0.29, 0.717) is 17.5 Å². The molecule has 0 radical (unpaired) electrons. The Hall–Kier alpha value is -3.10. The first kappa shape index (κ1) is 18.7. The lowest BCUT2D eigenvalue weighted by atomic mass is 10.0. The van der Waals surface area contributed by atoms with Crippen molar-refractivity contribution in [3.63, 3.8) is 0 Å². The number of fused-ring (bicyclic) bond motifs is 1. The first-order valence-electron chi connectivity index (χ1n) is 8.18. The molecule has 0 aliphatic carbocycles. The van der Waals surface area contributed by atoms with E-state index < -0.39 is 17.8 Å². The first-order chi connectivity index (χ1) is 12.9. The molecule has 0 fully saturated rings. The second-order valence-corrected chi connectivity index (χ2v) is 6.11. The van der Waals surface area contributed by atoms with E-state index in [0.717, 1.165) is 11.1 Å². The topological polar surface area (TPSA) is 118 Å². The summed E-state index contributed by atoms with van der Waals surface area (Å²) >= 11 is 0. The Bertz CT molecular complexity index is 1050. The van der Waals surface area contributed by atoms with E-state index in [2.05, 4.69) is 9.97 Å². The number of halogens is 1. The molecule has 1 aromatic carbocycles. The van der Waals surface area contributed by atoms with Crippen LogP contribution in [0, 0.1) is 5.82 Å². The van der Waals surface area contributed by atoms with Crippen LogP contribution in [0.15, 0.2) is 41.3 Å². The van der Waals surface area contributed by atoms with E-state index in [1.807, 2.05) is 0 Å². The fourth-order valence-electron chi connectivity index (χ4n) is 2.94. The van der Waals surface area contributed by atoms with E-state index in [1.165, 1.54) is 19.2 Å². The number of aromatic nitrogens is 2. The van der Waals surface area contributed by atoms with Gasteiger partial charge < -0.3 is 20.6 Å². The Morgan fingerprint density at radius 2 is 2.04 bits per heavy atom. The van der Waals surface area contributed by atoms with Crippen LogP contribution in [0.2, 0.25) is 0 Å². The second kappa shape index (κ2) is 7.65. The van der Waals surface area contributed by atoms with Gasteiger partial charge in [-0.2, -0.15) is 0 Å². The third kappa shape index (κ3) is 4.02. The fourth-order valence-corrected chi connectivity index (χ4v) is 2.94. The summed E-state index contributed by atoms with van der Waals surface area (Å²) < 4.78 is 17.9. The predicted octanol–water partition coefficient (Wildman–Crippen LogP) is 1.26. The minimum absolute atomic E-state index is 0.112. The number of amides is 1. The number of primary amides is 1. The number of H-pyrrole nitrogens is 1. The summed E-state index contributed by atoms with van der Waals surface area (Å²) in [7, 11) is 1.30. The van der Waals surface area contributed by atoms with E-state index in [9.17, 15) is 19.1 Å². The lowest BCUT2D eigenvalue weighted by molar-refractivity contribution is -0.0719. The summed E-state index contributed by atoms with van der Waals surface area (Å²) in [5.74, 6) is -1.23. The maximum Gasteiger partial charge on any atom is 0.261 e. The van der Waals surface area contributed by atoms with E-state index in [1.54, 1.807) is 24.4 Å². The third-order valence-electron chi connectivity index (χ3n) is 4.23. The third-order valence-corrected chi connectivity index (χ3v) is 4.23. The van der Waals surface area contributed by atoms with Crippen molar-refractivity contribution in [1.29, 1.82) is 0 Å². The van der Waals surface area contributed by atoms with Gasteiger partial charge in [-0.3, -0.25) is 14.6 Å². The van der Waals surface area contributed by atoms with Crippen molar-refractivity contribution in [3.8, 4) is 0 Å². The van der Waals surface area contributed by atoms with Gasteiger partial charge >= 0.3 is 0 Å². The average Bonchev–Trinajstić information content (AvgIpc) is 2.62. The number of aliphatic hydroxyl groups is 1. The quantitative estimate of drug-likeness (QED) is 0.564. The number of ether oxygens (including phenoxy) is 1. The fraction of sp³-hybridized carbons (Fsp3) is 0.211. The summed E-state index contributed by atoms with van der Waals surface area (Å²) in [6.07, 6.45) is 0.754. The van der Waals surface area contributed by atoms with Crippen molar-refractivity contribution in [3.05, 3.63) is 75.0 Å². The molecule has 3 rings (SSSR count). The molecule has 1 atom stereocenters. The molecule has 4 N–H and O–H groups in total. The zero-order valence-corrected chi connectivity index (χ0v) is 14.5. The van der Waals surface area contributed by atoms with Crippen LogP contribution in [-0.2, 0) is 17.6 Å². The minimum atomic E-state index is -1.21. The summed E-state index contributed by atoms with van der Waals surface area (Å²) in [4.78, 5) is 31.0. The smallest absolute Gasteiger partial charge is 0.261 e. The number of benzene rings is 1. The normalized spacial score (nSPS) is 12.3. The highest BCUT2D eigenvalue weighted by Gasteiger charge is 2.20. The van der Waals surface area contributed by atoms with Crippen LogP contribution in [0.25, 0.3) is 11.0 Å². The van der Waals surface area contributed by atoms with Crippen LogP contribution in [0.5, 0.6) is 0 Å². The highest BCUT2D eigenvalue weighted by atomic mass is 19.1. The second-order valence-electron chi connectivity index (χ2n) is 6.11. The Morgan fingerprint density at radius 3 is 2.67 bits per heavy atom. The number of methoxy groups -OCH3 is 1. The molecule has 0 bridgehead atoms. The standard InChI is InChI=1S/C19H18FN3O4/c1-27-15(24)8-13-16(18(21)25)19(26)23-14-7-11(9-22-17(13)14)6-10-2-4-12(20)5-3-10/h2-5,7,9,15,24H,6,8H2,1H3,(H2,21,25)(H,23,26). The number of aromatic amines is 1. The molecule has 0 aliphatic rings. The molecule has 3 aromatic rings. The van der Waals surface area contributed by atoms with Gasteiger partial charge in [-0.15, -0.1) is 0 Å². The van der Waals surface area contributed by atoms with Crippen LogP contribution in [0.3, 0.4) is 0 Å². The van der Waals surface area contributed by atoms with Crippen molar-refractivity contribution in [2.75, 3.05) is 7.11 Å². The number of nitrogens with two attached hydrogens (primary N) is 1. The van der Waals surface area contributed by atoms with Gasteiger partial charge in [0.25, 0.3) is 11.5 Å². The van der Waals surface area contributed by atoms with Crippen molar-refractivity contribution < 1.29 is 19.0 Å². The van der Waals surface area contributed by atoms with Crippen LogP contribution in [-0.4, -0.2) is 34.4 Å². The van der Waals surface area contributed by atoms with Crippen LogP contribution in [0.1, 0.15) is 27.0 Å². The molecular formula is C19H18FN3O4. The molecule has 27 heavy (non-hydrogen) atoms. The van der Waals surface area contributed by atoms with Crippen molar-refractivity contribution in [2.24, 2.45) is 5.73 Å². The van der Waals surface area contributed by atoms with Crippen molar-refractivity contribution in [2.45, 2.75) is 19.1 Å². The van der Waals surface area contributed by atoms with Gasteiger partial charge in [0.1, 0.15) is 11.4 Å². The minimum Gasteiger partial charge on any atom is -0.368 e. The highest BCUT2D eigenvalue weighted by molar-refractivity contribution is 5.98. The van der Waals surface area contributed by atoms with E-state index >= 15 is 0 Å². The zero-order valence-electron chi connectivity index (χ0n) is 14.5. The Balaban J connectivity index is 2.08. The molecule has 7 nitrogen and oxygen atoms in total. The summed E-state index contributed by atoms with van der Waals surface area (Å²) in [6.45, 7) is 0. The number of nitrogens with zero attached hydrogens (tertiary/aromatic N) is 1. The molecule has 1 amide bonds. The molecule has 1 unspecified atom stereocenters. The Morgan fingerprint density at radius 1 is 1.33 bits per heavy atom. The number of hydrogen-bond donors (Lipinski definition) is 3. The molecule has 140 valence electrons. The summed E-state index contributed by atoms with van der Waals surface area (Å²) in [6, 6.07) is 7.79. The first-order valence-corrected chi connectivity index (χ1v) is 8.18. The number of carbonyl (C=O) groups excluding carboxylic acids is 1. The Labute approximate surface area is 153 Å². The van der Waals surface area contributed by atoms with Gasteiger partial charge in [-0.05, 0) is 35.7 Å². The SMILES string of the molecule is COC(O)Cc1c(C(N)=O)c(=O)[nH]c2cc(Cc3ccc(F)cc3)cnc12. The number of aliphatic hydroxyl groups excluding tert-OH is 1. The van der Waals surface area contributed by atoms with Crippen molar-refractivity contribution >= 4 is 16.9 Å². The average molecular weight is 371 g/mol. The lowest BCUT2D eigenvalue weighted by Gasteiger charge is -2.13.